The smallest absolute Gasteiger partial charge is 0.255 e. The predicted octanol–water partition coefficient (Wildman–Crippen LogP) is 3.83. The van der Waals surface area contributed by atoms with E-state index in [4.69, 9.17) is 17.3 Å². The van der Waals surface area contributed by atoms with Crippen molar-refractivity contribution in [2.45, 2.75) is 13.3 Å². The van der Waals surface area contributed by atoms with E-state index in [0.29, 0.717) is 41.5 Å². The molecule has 1 unspecified atom stereocenters. The summed E-state index contributed by atoms with van der Waals surface area (Å²) in [6, 6.07) is 13.7. The van der Waals surface area contributed by atoms with Crippen LogP contribution < -0.4 is 11.1 Å². The maximum absolute atomic E-state index is 13.0. The van der Waals surface area contributed by atoms with E-state index >= 15 is 0 Å². The third kappa shape index (κ3) is 4.80. The highest BCUT2D eigenvalue weighted by molar-refractivity contribution is 6.30. The number of amides is 2. The minimum atomic E-state index is -0.282. The number of hydrogen-bond acceptors (Lipinski definition) is 3. The third-order valence-electron chi connectivity index (χ3n) is 4.85. The number of benzene rings is 2. The molecule has 1 saturated heterocycles. The minimum Gasteiger partial charge on any atom is -0.338 e. The number of halogens is 2. The van der Waals surface area contributed by atoms with Crippen molar-refractivity contribution < 1.29 is 9.59 Å². The highest BCUT2D eigenvalue weighted by Crippen LogP contribution is 2.30. The van der Waals surface area contributed by atoms with Crippen LogP contribution in [0.15, 0.2) is 48.5 Å². The summed E-state index contributed by atoms with van der Waals surface area (Å²) in [5.41, 5.74) is 7.25. The van der Waals surface area contributed by atoms with E-state index in [1.54, 1.807) is 53.4 Å². The second kappa shape index (κ2) is 8.74. The van der Waals surface area contributed by atoms with Gasteiger partial charge in [-0.25, -0.2) is 0 Å². The molecule has 144 valence electrons. The van der Waals surface area contributed by atoms with E-state index in [9.17, 15) is 9.59 Å². The molecule has 1 fully saturated rings. The van der Waals surface area contributed by atoms with Crippen LogP contribution in [0, 0.1) is 5.41 Å². The van der Waals surface area contributed by atoms with Crippen LogP contribution in [0.5, 0.6) is 0 Å². The van der Waals surface area contributed by atoms with Crippen LogP contribution in [0.4, 0.5) is 5.69 Å². The fourth-order valence-corrected chi connectivity index (χ4v) is 3.23. The van der Waals surface area contributed by atoms with Crippen LogP contribution in [-0.2, 0) is 0 Å². The van der Waals surface area contributed by atoms with Crippen LogP contribution in [0.1, 0.15) is 34.1 Å². The zero-order chi connectivity index (χ0) is 18.7. The Balaban J connectivity index is 0.00000261. The Morgan fingerprint density at radius 1 is 1.19 bits per heavy atom. The number of hydrogen-bond donors (Lipinski definition) is 2. The highest BCUT2D eigenvalue weighted by Gasteiger charge is 2.35. The number of rotatable bonds is 4. The van der Waals surface area contributed by atoms with E-state index in [1.807, 2.05) is 0 Å². The molecule has 0 bridgehead atoms. The van der Waals surface area contributed by atoms with Gasteiger partial charge >= 0.3 is 0 Å². The molecule has 7 heteroatoms. The largest absolute Gasteiger partial charge is 0.338 e. The molecular weight excluding hydrogens is 385 g/mol. The molecule has 0 spiro atoms. The van der Waals surface area contributed by atoms with Crippen molar-refractivity contribution >= 4 is 41.5 Å². The summed E-state index contributed by atoms with van der Waals surface area (Å²) in [7, 11) is 0. The second-order valence-electron chi connectivity index (χ2n) is 7.00. The van der Waals surface area contributed by atoms with Crippen LogP contribution in [0.3, 0.4) is 0 Å². The topological polar surface area (TPSA) is 75.4 Å². The molecule has 5 nitrogen and oxygen atoms in total. The van der Waals surface area contributed by atoms with Gasteiger partial charge in [-0.3, -0.25) is 9.59 Å². The summed E-state index contributed by atoms with van der Waals surface area (Å²) in [6.45, 7) is 3.94. The Morgan fingerprint density at radius 3 is 2.48 bits per heavy atom. The number of carbonyl (C=O) groups is 2. The fraction of sp³-hybridized carbons (Fsp3) is 0.300. The standard InChI is InChI=1S/C20H22ClN3O2.ClH/c1-20(12-22)10-11-24(13-20)19(26)16-4-2-3-5-17(16)23-18(25)14-6-8-15(21)9-7-14;/h2-9H,10-13,22H2,1H3,(H,23,25);1H. The third-order valence-corrected chi connectivity index (χ3v) is 5.10. The Bertz CT molecular complexity index is 826. The van der Waals surface area contributed by atoms with Crippen molar-refractivity contribution in [3.8, 4) is 0 Å². The van der Waals surface area contributed by atoms with E-state index in [2.05, 4.69) is 12.2 Å². The molecule has 2 aromatic rings. The lowest BCUT2D eigenvalue weighted by molar-refractivity contribution is 0.0778. The number of nitrogens with one attached hydrogen (secondary N) is 1. The lowest BCUT2D eigenvalue weighted by Crippen LogP contribution is -2.34. The SMILES string of the molecule is CC1(CN)CCN(C(=O)c2ccccc2NC(=O)c2ccc(Cl)cc2)C1.Cl. The van der Waals surface area contributed by atoms with Crippen molar-refractivity contribution in [1.29, 1.82) is 0 Å². The molecule has 2 amide bonds. The first-order chi connectivity index (χ1) is 12.4. The first kappa shape index (κ1) is 21.2. The number of carbonyl (C=O) groups excluding carboxylic acids is 2. The maximum atomic E-state index is 13.0. The van der Waals surface area contributed by atoms with Gasteiger partial charge in [0.1, 0.15) is 0 Å². The Hall–Kier alpha value is -2.08. The van der Waals surface area contributed by atoms with Crippen LogP contribution in [0.25, 0.3) is 0 Å². The molecule has 0 aromatic heterocycles. The van der Waals surface area contributed by atoms with Gasteiger partial charge in [0.2, 0.25) is 0 Å². The zero-order valence-electron chi connectivity index (χ0n) is 15.1. The van der Waals surface area contributed by atoms with Gasteiger partial charge in [0.05, 0.1) is 11.3 Å². The van der Waals surface area contributed by atoms with Crippen LogP contribution in [0.2, 0.25) is 5.02 Å². The maximum Gasteiger partial charge on any atom is 0.255 e. The average Bonchev–Trinajstić information content (AvgIpc) is 3.05. The molecule has 3 rings (SSSR count). The molecule has 3 N–H and O–H groups in total. The van der Waals surface area contributed by atoms with Crippen molar-refractivity contribution in [1.82, 2.24) is 4.90 Å². The highest BCUT2D eigenvalue weighted by atomic mass is 35.5. The van der Waals surface area contributed by atoms with Gasteiger partial charge in [0.15, 0.2) is 0 Å². The number of para-hydroxylation sites is 1. The lowest BCUT2D eigenvalue weighted by Gasteiger charge is -2.23. The predicted molar refractivity (Wildman–Crippen MR) is 111 cm³/mol. The van der Waals surface area contributed by atoms with Crippen LogP contribution >= 0.6 is 24.0 Å². The fourth-order valence-electron chi connectivity index (χ4n) is 3.11. The summed E-state index contributed by atoms with van der Waals surface area (Å²) in [5, 5.41) is 3.40. The first-order valence-corrected chi connectivity index (χ1v) is 8.95. The molecule has 1 aliphatic rings. The Morgan fingerprint density at radius 2 is 1.85 bits per heavy atom. The molecular formula is C20H23Cl2N3O2. The van der Waals surface area contributed by atoms with E-state index < -0.39 is 0 Å². The van der Waals surface area contributed by atoms with Gasteiger partial charge < -0.3 is 16.0 Å². The van der Waals surface area contributed by atoms with Crippen LogP contribution in [-0.4, -0.2) is 36.3 Å². The molecule has 1 atom stereocenters. The van der Waals surface area contributed by atoms with E-state index in [1.165, 1.54) is 0 Å². The van der Waals surface area contributed by atoms with Gasteiger partial charge in [0, 0.05) is 23.7 Å². The minimum absolute atomic E-state index is 0. The molecule has 0 saturated carbocycles. The lowest BCUT2D eigenvalue weighted by atomic mass is 9.90. The summed E-state index contributed by atoms with van der Waals surface area (Å²) in [5.74, 6) is -0.371. The van der Waals surface area contributed by atoms with Gasteiger partial charge in [-0.15, -0.1) is 12.4 Å². The molecule has 1 aliphatic heterocycles. The molecule has 1 heterocycles. The van der Waals surface area contributed by atoms with Crippen molar-refractivity contribution in [2.24, 2.45) is 11.1 Å². The Labute approximate surface area is 170 Å². The summed E-state index contributed by atoms with van der Waals surface area (Å²) < 4.78 is 0. The van der Waals surface area contributed by atoms with E-state index in [0.717, 1.165) is 6.42 Å². The number of nitrogens with zero attached hydrogens (tertiary/aromatic N) is 1. The molecule has 0 radical (unpaired) electrons. The van der Waals surface area contributed by atoms with Gasteiger partial charge in [-0.05, 0) is 54.8 Å². The summed E-state index contributed by atoms with van der Waals surface area (Å²) in [6.07, 6.45) is 0.883. The number of nitrogens with two attached hydrogens (primary N) is 1. The van der Waals surface area contributed by atoms with Gasteiger partial charge in [-0.2, -0.15) is 0 Å². The van der Waals surface area contributed by atoms with Crippen molar-refractivity contribution in [2.75, 3.05) is 25.0 Å². The summed E-state index contributed by atoms with van der Waals surface area (Å²) in [4.78, 5) is 27.2. The number of likely N-dealkylation sites (tertiary alicyclic amines) is 1. The second-order valence-corrected chi connectivity index (χ2v) is 7.43. The summed E-state index contributed by atoms with van der Waals surface area (Å²) >= 11 is 5.86. The molecule has 27 heavy (non-hydrogen) atoms. The van der Waals surface area contributed by atoms with Crippen molar-refractivity contribution in [3.63, 3.8) is 0 Å². The van der Waals surface area contributed by atoms with Crippen molar-refractivity contribution in [3.05, 3.63) is 64.7 Å². The Kier molecular flexibility index (Phi) is 6.87. The monoisotopic (exact) mass is 407 g/mol. The van der Waals surface area contributed by atoms with Gasteiger partial charge in [-0.1, -0.05) is 30.7 Å². The normalized spacial score (nSPS) is 18.7. The number of anilines is 1. The van der Waals surface area contributed by atoms with E-state index in [-0.39, 0.29) is 29.6 Å². The zero-order valence-corrected chi connectivity index (χ0v) is 16.6. The average molecular weight is 408 g/mol. The molecule has 0 aliphatic carbocycles. The first-order valence-electron chi connectivity index (χ1n) is 8.57. The molecule has 2 aromatic carbocycles. The van der Waals surface area contributed by atoms with Gasteiger partial charge in [0.25, 0.3) is 11.8 Å². The quantitative estimate of drug-likeness (QED) is 0.808.